The maximum absolute atomic E-state index is 12.1. The fourth-order valence-corrected chi connectivity index (χ4v) is 4.05. The molecule has 2 aromatic rings. The third-order valence-electron chi connectivity index (χ3n) is 5.61. The summed E-state index contributed by atoms with van der Waals surface area (Å²) in [6.45, 7) is 2.74. The third kappa shape index (κ3) is 12.6. The molecule has 0 heterocycles. The molecule has 2 aromatic carbocycles. The van der Waals surface area contributed by atoms with Crippen molar-refractivity contribution in [3.05, 3.63) is 64.1 Å². The Morgan fingerprint density at radius 1 is 0.909 bits per heavy atom. The van der Waals surface area contributed by atoms with Gasteiger partial charge in [-0.2, -0.15) is 5.10 Å². The predicted molar refractivity (Wildman–Crippen MR) is 142 cm³/mol. The Balaban J connectivity index is 1.62. The maximum atomic E-state index is 12.1. The van der Waals surface area contributed by atoms with Crippen molar-refractivity contribution in [2.45, 2.75) is 90.6 Å². The fourth-order valence-electron chi connectivity index (χ4n) is 3.67. The molecule has 0 aliphatic rings. The highest BCUT2D eigenvalue weighted by molar-refractivity contribution is 9.10. The number of hydrogen-bond donors (Lipinski definition) is 1. The number of halogens is 1. The van der Waals surface area contributed by atoms with Crippen molar-refractivity contribution in [1.29, 1.82) is 0 Å². The average molecular weight is 516 g/mol. The highest BCUT2D eigenvalue weighted by Gasteiger charge is 2.05. The summed E-state index contributed by atoms with van der Waals surface area (Å²) in [4.78, 5) is 12.1. The van der Waals surface area contributed by atoms with E-state index in [1.54, 1.807) is 6.21 Å². The van der Waals surface area contributed by atoms with E-state index in [0.29, 0.717) is 13.0 Å². The monoisotopic (exact) mass is 514 g/mol. The number of amides is 1. The average Bonchev–Trinajstić information content (AvgIpc) is 2.82. The quantitative estimate of drug-likeness (QED) is 0.131. The number of carbonyl (C=O) groups excluding carboxylic acids is 1. The van der Waals surface area contributed by atoms with Crippen LogP contribution in [0.5, 0.6) is 5.75 Å². The van der Waals surface area contributed by atoms with E-state index in [0.717, 1.165) is 34.2 Å². The molecule has 2 rings (SSSR count). The summed E-state index contributed by atoms with van der Waals surface area (Å²) in [6, 6.07) is 15.8. The number of hydrazone groups is 1. The van der Waals surface area contributed by atoms with Gasteiger partial charge in [-0.15, -0.1) is 0 Å². The molecule has 0 aliphatic heterocycles. The van der Waals surface area contributed by atoms with E-state index in [9.17, 15) is 4.79 Å². The smallest absolute Gasteiger partial charge is 0.240 e. The molecule has 4 nitrogen and oxygen atoms in total. The molecule has 0 fully saturated rings. The normalized spacial score (nSPS) is 11.1. The molecule has 0 bridgehead atoms. The topological polar surface area (TPSA) is 50.7 Å². The number of hydrogen-bond acceptors (Lipinski definition) is 3. The van der Waals surface area contributed by atoms with Crippen LogP contribution in [0.1, 0.15) is 95.1 Å². The van der Waals surface area contributed by atoms with Crippen molar-refractivity contribution in [3.8, 4) is 5.75 Å². The Hall–Kier alpha value is -2.14. The van der Waals surface area contributed by atoms with E-state index in [1.165, 1.54) is 57.8 Å². The lowest BCUT2D eigenvalue weighted by molar-refractivity contribution is -0.121. The van der Waals surface area contributed by atoms with Crippen LogP contribution in [0.4, 0.5) is 0 Å². The Morgan fingerprint density at radius 3 is 2.21 bits per heavy atom. The lowest BCUT2D eigenvalue weighted by atomic mass is 10.1. The zero-order valence-corrected chi connectivity index (χ0v) is 21.6. The fraction of sp³-hybridized carbons (Fsp3) is 0.500. The first kappa shape index (κ1) is 27.1. The number of unbranched alkanes of at least 4 members (excludes halogenated alkanes) is 10. The second-order valence-corrected chi connectivity index (χ2v) is 9.45. The summed E-state index contributed by atoms with van der Waals surface area (Å²) in [6.07, 6.45) is 16.2. The first-order valence-electron chi connectivity index (χ1n) is 12.5. The van der Waals surface area contributed by atoms with Crippen molar-refractivity contribution < 1.29 is 9.53 Å². The van der Waals surface area contributed by atoms with Crippen LogP contribution in [0.2, 0.25) is 0 Å². The number of nitrogens with one attached hydrogen (secondary N) is 1. The number of nitrogens with zero attached hydrogens (tertiary/aromatic N) is 1. The van der Waals surface area contributed by atoms with Crippen LogP contribution in [-0.4, -0.2) is 12.1 Å². The second-order valence-electron chi connectivity index (χ2n) is 8.54. The van der Waals surface area contributed by atoms with Crippen molar-refractivity contribution >= 4 is 28.1 Å². The minimum absolute atomic E-state index is 0.0380. The van der Waals surface area contributed by atoms with E-state index in [4.69, 9.17) is 4.74 Å². The highest BCUT2D eigenvalue weighted by Crippen LogP contribution is 2.23. The lowest BCUT2D eigenvalue weighted by Crippen LogP contribution is -2.17. The standard InChI is InChI=1S/C28H39BrN2O2/c1-2-3-4-5-6-7-8-9-10-11-15-18-28(32)31-30-22-25-21-26(29)19-20-27(25)33-23-24-16-13-12-14-17-24/h12-14,16-17,19-22H,2-11,15,18,23H2,1H3,(H,31,32). The molecular weight excluding hydrogens is 476 g/mol. The number of ether oxygens (including phenoxy) is 1. The molecule has 0 spiro atoms. The zero-order valence-electron chi connectivity index (χ0n) is 20.0. The van der Waals surface area contributed by atoms with Gasteiger partial charge in [-0.05, 0) is 30.2 Å². The van der Waals surface area contributed by atoms with Gasteiger partial charge in [0.1, 0.15) is 12.4 Å². The molecule has 1 amide bonds. The van der Waals surface area contributed by atoms with Crippen LogP contribution in [0, 0.1) is 0 Å². The minimum Gasteiger partial charge on any atom is -0.488 e. The molecule has 33 heavy (non-hydrogen) atoms. The number of rotatable bonds is 17. The van der Waals surface area contributed by atoms with Gasteiger partial charge >= 0.3 is 0 Å². The summed E-state index contributed by atoms with van der Waals surface area (Å²) in [5.74, 6) is 0.689. The first-order valence-corrected chi connectivity index (χ1v) is 13.3. The van der Waals surface area contributed by atoms with Crippen LogP contribution in [0.15, 0.2) is 58.1 Å². The predicted octanol–water partition coefficient (Wildman–Crippen LogP) is 8.18. The Labute approximate surface area is 208 Å². The summed E-state index contributed by atoms with van der Waals surface area (Å²) < 4.78 is 6.89. The van der Waals surface area contributed by atoms with E-state index < -0.39 is 0 Å². The molecule has 0 aromatic heterocycles. The van der Waals surface area contributed by atoms with Gasteiger partial charge in [-0.3, -0.25) is 4.79 Å². The van der Waals surface area contributed by atoms with E-state index in [1.807, 2.05) is 48.5 Å². The Kier molecular flexibility index (Phi) is 14.3. The van der Waals surface area contributed by atoms with Crippen LogP contribution in [0.25, 0.3) is 0 Å². The van der Waals surface area contributed by atoms with Gasteiger partial charge in [0.15, 0.2) is 0 Å². The summed E-state index contributed by atoms with van der Waals surface area (Å²) in [5, 5.41) is 4.14. The molecule has 5 heteroatoms. The molecular formula is C28H39BrN2O2. The molecule has 180 valence electrons. The molecule has 0 unspecified atom stereocenters. The van der Waals surface area contributed by atoms with E-state index >= 15 is 0 Å². The Bertz CT molecular complexity index is 824. The van der Waals surface area contributed by atoms with Crippen LogP contribution in [0.3, 0.4) is 0 Å². The van der Waals surface area contributed by atoms with Gasteiger partial charge in [0.25, 0.3) is 0 Å². The first-order chi connectivity index (χ1) is 16.2. The van der Waals surface area contributed by atoms with Crippen molar-refractivity contribution in [2.24, 2.45) is 5.10 Å². The van der Waals surface area contributed by atoms with Crippen LogP contribution >= 0.6 is 15.9 Å². The molecule has 0 radical (unpaired) electrons. The largest absolute Gasteiger partial charge is 0.488 e. The van der Waals surface area contributed by atoms with Crippen molar-refractivity contribution in [3.63, 3.8) is 0 Å². The summed E-state index contributed by atoms with van der Waals surface area (Å²) in [7, 11) is 0. The van der Waals surface area contributed by atoms with E-state index in [2.05, 4.69) is 33.4 Å². The van der Waals surface area contributed by atoms with Gasteiger partial charge in [0, 0.05) is 16.5 Å². The molecule has 0 atom stereocenters. The molecule has 1 N–H and O–H groups in total. The van der Waals surface area contributed by atoms with Gasteiger partial charge in [-0.25, -0.2) is 5.43 Å². The van der Waals surface area contributed by atoms with Gasteiger partial charge < -0.3 is 4.74 Å². The highest BCUT2D eigenvalue weighted by atomic mass is 79.9. The molecule has 0 saturated carbocycles. The SMILES string of the molecule is CCCCCCCCCCCCCC(=O)NN=Cc1cc(Br)ccc1OCc1ccccc1. The molecule has 0 saturated heterocycles. The lowest BCUT2D eigenvalue weighted by Gasteiger charge is -2.09. The van der Waals surface area contributed by atoms with Gasteiger partial charge in [0.2, 0.25) is 5.91 Å². The van der Waals surface area contributed by atoms with E-state index in [-0.39, 0.29) is 5.91 Å². The summed E-state index contributed by atoms with van der Waals surface area (Å²) >= 11 is 3.49. The minimum atomic E-state index is -0.0380. The maximum Gasteiger partial charge on any atom is 0.240 e. The molecule has 0 aliphatic carbocycles. The van der Waals surface area contributed by atoms with Crippen LogP contribution < -0.4 is 10.2 Å². The van der Waals surface area contributed by atoms with Gasteiger partial charge in [0.05, 0.1) is 6.21 Å². The zero-order chi connectivity index (χ0) is 23.6. The summed E-state index contributed by atoms with van der Waals surface area (Å²) in [5.41, 5.74) is 4.56. The number of benzene rings is 2. The van der Waals surface area contributed by atoms with Crippen molar-refractivity contribution in [1.82, 2.24) is 5.43 Å². The van der Waals surface area contributed by atoms with Crippen LogP contribution in [-0.2, 0) is 11.4 Å². The second kappa shape index (κ2) is 17.4. The van der Waals surface area contributed by atoms with Gasteiger partial charge in [-0.1, -0.05) is 117 Å². The van der Waals surface area contributed by atoms with Crippen molar-refractivity contribution in [2.75, 3.05) is 0 Å². The number of carbonyl (C=O) groups is 1. The third-order valence-corrected chi connectivity index (χ3v) is 6.10. The Morgan fingerprint density at radius 2 is 1.55 bits per heavy atom.